The molecule has 1 N–H and O–H groups in total. The van der Waals surface area contributed by atoms with E-state index in [1.165, 1.54) is 5.56 Å². The van der Waals surface area contributed by atoms with Crippen molar-refractivity contribution in [1.29, 1.82) is 0 Å². The molecule has 1 aromatic carbocycles. The second-order valence-electron chi connectivity index (χ2n) is 4.41. The average molecular weight is 281 g/mol. The quantitative estimate of drug-likeness (QED) is 0.837. The second-order valence-corrected chi connectivity index (χ2v) is 5.26. The third kappa shape index (κ3) is 2.96. The highest BCUT2D eigenvalue weighted by atomic mass is 79.9. The van der Waals surface area contributed by atoms with Gasteiger partial charge in [-0.2, -0.15) is 0 Å². The Labute approximate surface area is 105 Å². The summed E-state index contributed by atoms with van der Waals surface area (Å²) in [6.07, 6.45) is 8.17. The largest absolute Gasteiger partial charge is 0.392 e. The summed E-state index contributed by atoms with van der Waals surface area (Å²) >= 11 is 3.52. The molecule has 2 atom stereocenters. The third-order valence-corrected chi connectivity index (χ3v) is 4.01. The predicted octanol–water partition coefficient (Wildman–Crippen LogP) is 3.71. The van der Waals surface area contributed by atoms with Gasteiger partial charge >= 0.3 is 0 Å². The fraction of sp³-hybridized carbons (Fsp3) is 0.429. The molecule has 0 aliphatic heterocycles. The fourth-order valence-electron chi connectivity index (χ4n) is 2.22. The summed E-state index contributed by atoms with van der Waals surface area (Å²) in [5, 5.41) is 10.2. The Morgan fingerprint density at radius 2 is 2.12 bits per heavy atom. The van der Waals surface area contributed by atoms with Gasteiger partial charge in [-0.25, -0.2) is 0 Å². The molecule has 0 bridgehead atoms. The number of halogens is 1. The number of benzene rings is 1. The highest BCUT2D eigenvalue weighted by Crippen LogP contribution is 2.26. The summed E-state index contributed by atoms with van der Waals surface area (Å²) in [5.41, 5.74) is 1.20. The van der Waals surface area contributed by atoms with Gasteiger partial charge in [0.1, 0.15) is 0 Å². The molecule has 0 amide bonds. The molecule has 86 valence electrons. The summed E-state index contributed by atoms with van der Waals surface area (Å²) in [6.45, 7) is 0. The third-order valence-electron chi connectivity index (χ3n) is 3.24. The van der Waals surface area contributed by atoms with Crippen molar-refractivity contribution >= 4 is 15.9 Å². The lowest BCUT2D eigenvalue weighted by Gasteiger charge is -2.24. The average Bonchev–Trinajstić information content (AvgIpc) is 2.33. The van der Waals surface area contributed by atoms with Gasteiger partial charge in [-0.1, -0.05) is 46.3 Å². The van der Waals surface area contributed by atoms with E-state index in [9.17, 15) is 5.11 Å². The minimum atomic E-state index is -0.219. The number of hydrogen-bond acceptors (Lipinski definition) is 1. The Balaban J connectivity index is 1.99. The maximum Gasteiger partial charge on any atom is 0.0612 e. The maximum absolute atomic E-state index is 10.2. The molecule has 16 heavy (non-hydrogen) atoms. The molecular formula is C14H17BrO. The van der Waals surface area contributed by atoms with Crippen LogP contribution in [0.1, 0.15) is 24.8 Å². The van der Waals surface area contributed by atoms with Gasteiger partial charge in [-0.3, -0.25) is 0 Å². The van der Waals surface area contributed by atoms with Gasteiger partial charge in [0.15, 0.2) is 0 Å². The lowest BCUT2D eigenvalue weighted by molar-refractivity contribution is 0.102. The maximum atomic E-state index is 10.2. The number of allylic oxidation sites excluding steroid dienone is 2. The lowest BCUT2D eigenvalue weighted by atomic mass is 9.86. The van der Waals surface area contributed by atoms with Crippen LogP contribution in [0.25, 0.3) is 0 Å². The van der Waals surface area contributed by atoms with E-state index in [2.05, 4.69) is 34.1 Å². The summed E-state index contributed by atoms with van der Waals surface area (Å²) in [4.78, 5) is 0. The van der Waals surface area contributed by atoms with Gasteiger partial charge in [0.25, 0.3) is 0 Å². The van der Waals surface area contributed by atoms with E-state index >= 15 is 0 Å². The highest BCUT2D eigenvalue weighted by molar-refractivity contribution is 9.10. The van der Waals surface area contributed by atoms with Gasteiger partial charge < -0.3 is 5.11 Å². The van der Waals surface area contributed by atoms with Crippen LogP contribution in [0.15, 0.2) is 40.9 Å². The normalized spacial score (nSPS) is 22.0. The second kappa shape index (κ2) is 5.65. The molecule has 1 aliphatic carbocycles. The zero-order valence-corrected chi connectivity index (χ0v) is 10.9. The van der Waals surface area contributed by atoms with Crippen molar-refractivity contribution in [3.63, 3.8) is 0 Å². The molecule has 0 aromatic heterocycles. The van der Waals surface area contributed by atoms with Gasteiger partial charge in [0, 0.05) is 4.47 Å². The van der Waals surface area contributed by atoms with Crippen molar-refractivity contribution < 1.29 is 5.11 Å². The van der Waals surface area contributed by atoms with Crippen LogP contribution in [0.4, 0.5) is 0 Å². The van der Waals surface area contributed by atoms with Crippen molar-refractivity contribution in [2.75, 3.05) is 0 Å². The smallest absolute Gasteiger partial charge is 0.0612 e. The van der Waals surface area contributed by atoms with Gasteiger partial charge in [-0.05, 0) is 43.2 Å². The Morgan fingerprint density at radius 1 is 1.31 bits per heavy atom. The molecule has 0 fully saturated rings. The lowest BCUT2D eigenvalue weighted by Crippen LogP contribution is -2.23. The Bertz CT molecular complexity index is 373. The highest BCUT2D eigenvalue weighted by Gasteiger charge is 2.20. The standard InChI is InChI=1S/C14H17BrO/c15-13-9-5-4-8-12(13)10-14(16)11-6-2-1-3-7-11/h1-2,4-5,8-9,11,14,16H,3,6-7,10H2. The van der Waals surface area contributed by atoms with E-state index in [1.54, 1.807) is 0 Å². The minimum absolute atomic E-state index is 0.219. The van der Waals surface area contributed by atoms with Crippen molar-refractivity contribution in [2.45, 2.75) is 31.8 Å². The molecule has 0 heterocycles. The SMILES string of the molecule is OC(Cc1ccccc1Br)C1CC=CCC1. The van der Waals surface area contributed by atoms with Crippen LogP contribution in [0.5, 0.6) is 0 Å². The van der Waals surface area contributed by atoms with E-state index in [1.807, 2.05) is 18.2 Å². The van der Waals surface area contributed by atoms with E-state index in [0.29, 0.717) is 5.92 Å². The Hall–Kier alpha value is -0.600. The molecule has 0 saturated carbocycles. The van der Waals surface area contributed by atoms with E-state index in [4.69, 9.17) is 0 Å². The predicted molar refractivity (Wildman–Crippen MR) is 70.3 cm³/mol. The molecule has 1 aliphatic rings. The molecular weight excluding hydrogens is 264 g/mol. The zero-order valence-electron chi connectivity index (χ0n) is 9.27. The van der Waals surface area contributed by atoms with Crippen LogP contribution in [-0.2, 0) is 6.42 Å². The molecule has 1 nitrogen and oxygen atoms in total. The number of hydrogen-bond donors (Lipinski definition) is 1. The zero-order chi connectivity index (χ0) is 11.4. The molecule has 2 rings (SSSR count). The van der Waals surface area contributed by atoms with Crippen molar-refractivity contribution in [3.8, 4) is 0 Å². The fourth-order valence-corrected chi connectivity index (χ4v) is 2.67. The van der Waals surface area contributed by atoms with Crippen molar-refractivity contribution in [2.24, 2.45) is 5.92 Å². The first kappa shape index (κ1) is 11.9. The minimum Gasteiger partial charge on any atom is -0.392 e. The van der Waals surface area contributed by atoms with E-state index in [0.717, 1.165) is 30.2 Å². The van der Waals surface area contributed by atoms with Gasteiger partial charge in [0.2, 0.25) is 0 Å². The number of rotatable bonds is 3. The monoisotopic (exact) mass is 280 g/mol. The van der Waals surface area contributed by atoms with Crippen molar-refractivity contribution in [3.05, 3.63) is 46.5 Å². The van der Waals surface area contributed by atoms with E-state index < -0.39 is 0 Å². The topological polar surface area (TPSA) is 20.2 Å². The van der Waals surface area contributed by atoms with Gasteiger partial charge in [0.05, 0.1) is 6.10 Å². The van der Waals surface area contributed by atoms with Crippen LogP contribution in [0.3, 0.4) is 0 Å². The van der Waals surface area contributed by atoms with Crippen LogP contribution < -0.4 is 0 Å². The Kier molecular flexibility index (Phi) is 4.19. The molecule has 1 aromatic rings. The summed E-state index contributed by atoms with van der Waals surface area (Å²) in [7, 11) is 0. The van der Waals surface area contributed by atoms with Gasteiger partial charge in [-0.15, -0.1) is 0 Å². The molecule has 0 radical (unpaired) electrons. The number of aliphatic hydroxyl groups excluding tert-OH is 1. The van der Waals surface area contributed by atoms with E-state index in [-0.39, 0.29) is 6.10 Å². The summed E-state index contributed by atoms with van der Waals surface area (Å²) in [6, 6.07) is 8.13. The molecule has 0 spiro atoms. The van der Waals surface area contributed by atoms with Crippen molar-refractivity contribution in [1.82, 2.24) is 0 Å². The van der Waals surface area contributed by atoms with Crippen LogP contribution >= 0.6 is 15.9 Å². The van der Waals surface area contributed by atoms with Crippen LogP contribution in [-0.4, -0.2) is 11.2 Å². The molecule has 2 unspecified atom stereocenters. The summed E-state index contributed by atoms with van der Waals surface area (Å²) < 4.78 is 1.10. The molecule has 2 heteroatoms. The Morgan fingerprint density at radius 3 is 2.81 bits per heavy atom. The first-order valence-corrected chi connectivity index (χ1v) is 6.63. The van der Waals surface area contributed by atoms with Crippen LogP contribution in [0.2, 0.25) is 0 Å². The van der Waals surface area contributed by atoms with Crippen LogP contribution in [0, 0.1) is 5.92 Å². The number of aliphatic hydroxyl groups is 1. The first-order chi connectivity index (χ1) is 7.77. The molecule has 0 saturated heterocycles. The first-order valence-electron chi connectivity index (χ1n) is 5.84. The summed E-state index contributed by atoms with van der Waals surface area (Å²) in [5.74, 6) is 0.428.